The molecule has 0 atom stereocenters. The van der Waals surface area contributed by atoms with Gasteiger partial charge in [-0.1, -0.05) is 26.7 Å². The maximum Gasteiger partial charge on any atom is 0.194 e. The van der Waals surface area contributed by atoms with E-state index in [1.165, 1.54) is 0 Å². The SMILES string of the molecule is CCCCOc1ccc2c(c1)C(=O)c1ccc(OCCCC)cc1C2=O. The molecule has 3 rings (SSSR count). The highest BCUT2D eigenvalue weighted by molar-refractivity contribution is 6.28. The largest absolute Gasteiger partial charge is 0.494 e. The Hall–Kier alpha value is -2.62. The van der Waals surface area contributed by atoms with Crippen LogP contribution in [0.1, 0.15) is 71.4 Å². The van der Waals surface area contributed by atoms with Gasteiger partial charge in [-0.15, -0.1) is 0 Å². The molecule has 0 bridgehead atoms. The van der Waals surface area contributed by atoms with Crippen molar-refractivity contribution < 1.29 is 19.1 Å². The van der Waals surface area contributed by atoms with Gasteiger partial charge in [0.2, 0.25) is 0 Å². The summed E-state index contributed by atoms with van der Waals surface area (Å²) in [7, 11) is 0. The molecule has 2 aromatic carbocycles. The molecule has 1 aliphatic rings. The van der Waals surface area contributed by atoms with Crippen LogP contribution >= 0.6 is 0 Å². The van der Waals surface area contributed by atoms with E-state index in [-0.39, 0.29) is 11.6 Å². The van der Waals surface area contributed by atoms with Crippen LogP contribution in [0.3, 0.4) is 0 Å². The van der Waals surface area contributed by atoms with Gasteiger partial charge >= 0.3 is 0 Å². The molecule has 0 saturated heterocycles. The molecule has 4 nitrogen and oxygen atoms in total. The van der Waals surface area contributed by atoms with Crippen LogP contribution in [-0.2, 0) is 0 Å². The minimum Gasteiger partial charge on any atom is -0.494 e. The first kappa shape index (κ1) is 18.2. The van der Waals surface area contributed by atoms with Crippen LogP contribution in [0, 0.1) is 0 Å². The molecule has 2 aromatic rings. The number of benzene rings is 2. The summed E-state index contributed by atoms with van der Waals surface area (Å²) >= 11 is 0. The average molecular weight is 352 g/mol. The fraction of sp³-hybridized carbons (Fsp3) is 0.364. The van der Waals surface area contributed by atoms with Gasteiger partial charge < -0.3 is 9.47 Å². The van der Waals surface area contributed by atoms with Crippen molar-refractivity contribution in [3.63, 3.8) is 0 Å². The highest BCUT2D eigenvalue weighted by atomic mass is 16.5. The summed E-state index contributed by atoms with van der Waals surface area (Å²) in [4.78, 5) is 25.7. The fourth-order valence-electron chi connectivity index (χ4n) is 2.96. The molecule has 0 aromatic heterocycles. The first-order valence-electron chi connectivity index (χ1n) is 9.28. The van der Waals surface area contributed by atoms with Crippen molar-refractivity contribution in [1.82, 2.24) is 0 Å². The minimum absolute atomic E-state index is 0.143. The van der Waals surface area contributed by atoms with Crippen molar-refractivity contribution in [2.24, 2.45) is 0 Å². The molecule has 136 valence electrons. The monoisotopic (exact) mass is 352 g/mol. The van der Waals surface area contributed by atoms with E-state index < -0.39 is 0 Å². The number of unbranched alkanes of at least 4 members (excludes halogenated alkanes) is 2. The zero-order valence-corrected chi connectivity index (χ0v) is 15.3. The molecule has 0 spiro atoms. The molecule has 0 radical (unpaired) electrons. The van der Waals surface area contributed by atoms with E-state index in [1.54, 1.807) is 36.4 Å². The Bertz CT molecular complexity index is 753. The van der Waals surface area contributed by atoms with Gasteiger partial charge in [-0.05, 0) is 49.2 Å². The van der Waals surface area contributed by atoms with Crippen molar-refractivity contribution in [2.45, 2.75) is 39.5 Å². The van der Waals surface area contributed by atoms with Gasteiger partial charge in [0.15, 0.2) is 11.6 Å². The van der Waals surface area contributed by atoms with Crippen LogP contribution in [0.4, 0.5) is 0 Å². The lowest BCUT2D eigenvalue weighted by atomic mass is 9.84. The summed E-state index contributed by atoms with van der Waals surface area (Å²) in [5.41, 5.74) is 1.68. The predicted molar refractivity (Wildman–Crippen MR) is 101 cm³/mol. The summed E-state index contributed by atoms with van der Waals surface area (Å²) < 4.78 is 11.3. The molecule has 1 aliphatic carbocycles. The van der Waals surface area contributed by atoms with E-state index in [9.17, 15) is 9.59 Å². The van der Waals surface area contributed by atoms with Crippen LogP contribution in [0.5, 0.6) is 11.5 Å². The number of ketones is 2. The summed E-state index contributed by atoms with van der Waals surface area (Å²) in [6.45, 7) is 5.39. The number of carbonyl (C=O) groups excluding carboxylic acids is 2. The molecule has 0 unspecified atom stereocenters. The Morgan fingerprint density at radius 1 is 0.654 bits per heavy atom. The molecule has 0 N–H and O–H groups in total. The van der Waals surface area contributed by atoms with Crippen LogP contribution in [0.2, 0.25) is 0 Å². The zero-order chi connectivity index (χ0) is 18.5. The van der Waals surface area contributed by atoms with Gasteiger partial charge in [0.1, 0.15) is 11.5 Å². The number of carbonyl (C=O) groups is 2. The number of fused-ring (bicyclic) bond motifs is 2. The van der Waals surface area contributed by atoms with E-state index in [4.69, 9.17) is 9.47 Å². The molecular formula is C22H24O4. The molecule has 26 heavy (non-hydrogen) atoms. The molecular weight excluding hydrogens is 328 g/mol. The minimum atomic E-state index is -0.143. The average Bonchev–Trinajstić information content (AvgIpc) is 2.66. The van der Waals surface area contributed by atoms with Crippen molar-refractivity contribution >= 4 is 11.6 Å². The van der Waals surface area contributed by atoms with E-state index >= 15 is 0 Å². The summed E-state index contributed by atoms with van der Waals surface area (Å²) in [6.07, 6.45) is 3.98. The first-order valence-corrected chi connectivity index (χ1v) is 9.28. The number of rotatable bonds is 8. The lowest BCUT2D eigenvalue weighted by molar-refractivity contribution is 0.0978. The molecule has 0 fully saturated rings. The predicted octanol–water partition coefficient (Wildman–Crippen LogP) is 4.82. The maximum atomic E-state index is 12.9. The Balaban J connectivity index is 1.87. The summed E-state index contributed by atoms with van der Waals surface area (Å²) in [5.74, 6) is 0.967. The van der Waals surface area contributed by atoms with Gasteiger partial charge in [0.25, 0.3) is 0 Å². The van der Waals surface area contributed by atoms with Crippen molar-refractivity contribution in [1.29, 1.82) is 0 Å². The lowest BCUT2D eigenvalue weighted by Crippen LogP contribution is -2.21. The first-order chi connectivity index (χ1) is 12.7. The van der Waals surface area contributed by atoms with Crippen LogP contribution in [-0.4, -0.2) is 24.8 Å². The maximum absolute atomic E-state index is 12.9. The number of ether oxygens (including phenoxy) is 2. The summed E-state index contributed by atoms with van der Waals surface area (Å²) in [6, 6.07) is 10.2. The Labute approximate surface area is 154 Å². The van der Waals surface area contributed by atoms with E-state index in [1.807, 2.05) is 0 Å². The lowest BCUT2D eigenvalue weighted by Gasteiger charge is -2.19. The zero-order valence-electron chi connectivity index (χ0n) is 15.3. The second kappa shape index (κ2) is 8.17. The van der Waals surface area contributed by atoms with Crippen molar-refractivity contribution in [3.05, 3.63) is 58.7 Å². The van der Waals surface area contributed by atoms with Gasteiger partial charge in [-0.3, -0.25) is 9.59 Å². The van der Waals surface area contributed by atoms with Crippen LogP contribution < -0.4 is 9.47 Å². The van der Waals surface area contributed by atoms with Gasteiger partial charge in [0, 0.05) is 22.3 Å². The quantitative estimate of drug-likeness (QED) is 0.545. The van der Waals surface area contributed by atoms with Crippen molar-refractivity contribution in [2.75, 3.05) is 13.2 Å². The Kier molecular flexibility index (Phi) is 5.71. The molecule has 0 amide bonds. The second-order valence-corrected chi connectivity index (χ2v) is 6.48. The van der Waals surface area contributed by atoms with Gasteiger partial charge in [0.05, 0.1) is 13.2 Å². The Morgan fingerprint density at radius 2 is 1.08 bits per heavy atom. The normalized spacial score (nSPS) is 12.5. The smallest absolute Gasteiger partial charge is 0.194 e. The highest BCUT2D eigenvalue weighted by Crippen LogP contribution is 2.32. The summed E-state index contributed by atoms with van der Waals surface area (Å²) in [5, 5.41) is 0. The topological polar surface area (TPSA) is 52.6 Å². The van der Waals surface area contributed by atoms with E-state index in [0.717, 1.165) is 25.7 Å². The Morgan fingerprint density at radius 3 is 1.46 bits per heavy atom. The number of hydrogen-bond acceptors (Lipinski definition) is 4. The third-order valence-corrected chi connectivity index (χ3v) is 4.49. The third kappa shape index (κ3) is 3.64. The van der Waals surface area contributed by atoms with Crippen LogP contribution in [0.15, 0.2) is 36.4 Å². The second-order valence-electron chi connectivity index (χ2n) is 6.48. The fourth-order valence-corrected chi connectivity index (χ4v) is 2.96. The van der Waals surface area contributed by atoms with E-state index in [2.05, 4.69) is 13.8 Å². The van der Waals surface area contributed by atoms with Crippen LogP contribution in [0.25, 0.3) is 0 Å². The highest BCUT2D eigenvalue weighted by Gasteiger charge is 2.30. The molecule has 0 aliphatic heterocycles. The molecule has 0 heterocycles. The van der Waals surface area contributed by atoms with Gasteiger partial charge in [-0.2, -0.15) is 0 Å². The standard InChI is InChI=1S/C22H24O4/c1-3-5-11-25-15-7-9-17-19(13-15)21(23)18-10-8-16(26-12-6-4-2)14-20(18)22(17)24/h7-10,13-14H,3-6,11-12H2,1-2H3. The van der Waals surface area contributed by atoms with Gasteiger partial charge in [-0.25, -0.2) is 0 Å². The number of hydrogen-bond donors (Lipinski definition) is 0. The third-order valence-electron chi connectivity index (χ3n) is 4.49. The van der Waals surface area contributed by atoms with Crippen molar-refractivity contribution in [3.8, 4) is 11.5 Å². The molecule has 0 saturated carbocycles. The van der Waals surface area contributed by atoms with E-state index in [0.29, 0.717) is 47.0 Å². The molecule has 4 heteroatoms.